The van der Waals surface area contributed by atoms with E-state index in [1.54, 1.807) is 0 Å². The number of aliphatic hydroxyl groups excluding tert-OH is 8. The van der Waals surface area contributed by atoms with Crippen LogP contribution in [0.1, 0.15) is 40.5 Å². The minimum Gasteiger partial charge on any atom is -0.497 e. The molecule has 2 aliphatic carbocycles. The molecule has 2 saturated heterocycles. The molecule has 4 aliphatic rings. The molecule has 12 atom stereocenters. The van der Waals surface area contributed by atoms with Gasteiger partial charge in [-0.15, -0.1) is 0 Å². The zero-order valence-corrected chi connectivity index (χ0v) is 23.7. The SMILES string of the molecule is COc1cc(O[C@@H]2O[C@H](CO[C@@H]3O[C@H](CO)[C@@H](O)[C@H](O)[C@H]3O)[C@@H](O)[C@H](O)[C@H]2O)c2c(c1)C(=O)C1=C(C2=O)[C@@H](O)C[C@@](C)(O)C1. The van der Waals surface area contributed by atoms with Crippen molar-refractivity contribution in [3.8, 4) is 11.5 Å². The molecule has 16 heteroatoms. The second-order valence-corrected chi connectivity index (χ2v) is 11.7. The normalized spacial score (nSPS) is 40.8. The van der Waals surface area contributed by atoms with Crippen molar-refractivity contribution in [2.24, 2.45) is 0 Å². The van der Waals surface area contributed by atoms with Crippen LogP contribution < -0.4 is 9.47 Å². The number of rotatable bonds is 7. The summed E-state index contributed by atoms with van der Waals surface area (Å²) in [5.74, 6) is -1.65. The van der Waals surface area contributed by atoms with E-state index in [9.17, 15) is 55.5 Å². The molecule has 16 nitrogen and oxygen atoms in total. The van der Waals surface area contributed by atoms with Gasteiger partial charge in [0.25, 0.3) is 0 Å². The number of fused-ring (bicyclic) bond motifs is 1. The molecule has 5 rings (SSSR count). The Morgan fingerprint density at radius 2 is 1.48 bits per heavy atom. The van der Waals surface area contributed by atoms with Crippen LogP contribution >= 0.6 is 0 Å². The van der Waals surface area contributed by atoms with Gasteiger partial charge in [-0.2, -0.15) is 0 Å². The van der Waals surface area contributed by atoms with Crippen LogP contribution in [0, 0.1) is 0 Å². The second-order valence-electron chi connectivity index (χ2n) is 11.7. The van der Waals surface area contributed by atoms with E-state index in [2.05, 4.69) is 0 Å². The Kier molecular flexibility index (Phi) is 9.18. The van der Waals surface area contributed by atoms with Crippen LogP contribution in [-0.2, 0) is 14.2 Å². The molecule has 0 spiro atoms. The predicted molar refractivity (Wildman–Crippen MR) is 142 cm³/mol. The highest BCUT2D eigenvalue weighted by Crippen LogP contribution is 2.44. The van der Waals surface area contributed by atoms with Crippen LogP contribution in [0.2, 0.25) is 0 Å². The number of Topliss-reactive ketones (excluding diaryl/α,β-unsaturated/α-hetero) is 2. The lowest BCUT2D eigenvalue weighted by molar-refractivity contribution is -0.323. The molecule has 0 amide bonds. The van der Waals surface area contributed by atoms with Crippen LogP contribution in [0.15, 0.2) is 23.3 Å². The number of hydrogen-bond acceptors (Lipinski definition) is 16. The summed E-state index contributed by atoms with van der Waals surface area (Å²) in [5, 5.41) is 92.6. The van der Waals surface area contributed by atoms with Crippen LogP contribution in [-0.4, -0.2) is 151 Å². The first kappa shape index (κ1) is 32.8. The van der Waals surface area contributed by atoms with Gasteiger partial charge in [0, 0.05) is 35.6 Å². The molecular formula is C28H36O16. The summed E-state index contributed by atoms with van der Waals surface area (Å²) in [4.78, 5) is 27.2. The van der Waals surface area contributed by atoms with Crippen molar-refractivity contribution >= 4 is 11.6 Å². The minimum absolute atomic E-state index is 0.0524. The van der Waals surface area contributed by atoms with Gasteiger partial charge < -0.3 is 69.6 Å². The summed E-state index contributed by atoms with van der Waals surface area (Å²) in [6.07, 6.45) is -18.6. The molecule has 0 unspecified atom stereocenters. The molecule has 1 aromatic rings. The Morgan fingerprint density at radius 3 is 2.11 bits per heavy atom. The van der Waals surface area contributed by atoms with Crippen molar-refractivity contribution in [3.63, 3.8) is 0 Å². The number of ketones is 2. The quantitative estimate of drug-likeness (QED) is 0.141. The fraction of sp³-hybridized carbons (Fsp3) is 0.643. The molecule has 2 aliphatic heterocycles. The molecule has 2 fully saturated rings. The number of aliphatic hydroxyl groups is 9. The Balaban J connectivity index is 1.40. The molecule has 9 N–H and O–H groups in total. The molecular weight excluding hydrogens is 592 g/mol. The van der Waals surface area contributed by atoms with Crippen molar-refractivity contribution in [2.75, 3.05) is 20.3 Å². The maximum absolute atomic E-state index is 13.7. The third kappa shape index (κ3) is 5.77. The van der Waals surface area contributed by atoms with E-state index in [1.807, 2.05) is 0 Å². The predicted octanol–water partition coefficient (Wildman–Crippen LogP) is -3.72. The zero-order valence-electron chi connectivity index (χ0n) is 23.7. The third-order valence-corrected chi connectivity index (χ3v) is 8.34. The lowest BCUT2D eigenvalue weighted by atomic mass is 9.71. The first-order chi connectivity index (χ1) is 20.7. The van der Waals surface area contributed by atoms with Gasteiger partial charge in [-0.3, -0.25) is 9.59 Å². The van der Waals surface area contributed by atoms with Crippen molar-refractivity contribution in [1.82, 2.24) is 0 Å². The van der Waals surface area contributed by atoms with Crippen LogP contribution in [0.3, 0.4) is 0 Å². The second kappa shape index (κ2) is 12.3. The minimum atomic E-state index is -1.89. The summed E-state index contributed by atoms with van der Waals surface area (Å²) >= 11 is 0. The average molecular weight is 629 g/mol. The van der Waals surface area contributed by atoms with Gasteiger partial charge in [0.2, 0.25) is 6.29 Å². The summed E-state index contributed by atoms with van der Waals surface area (Å²) in [7, 11) is 1.29. The van der Waals surface area contributed by atoms with Crippen molar-refractivity contribution in [1.29, 1.82) is 0 Å². The monoisotopic (exact) mass is 628 g/mol. The molecule has 2 heterocycles. The van der Waals surface area contributed by atoms with Crippen molar-refractivity contribution in [3.05, 3.63) is 34.4 Å². The Bertz CT molecular complexity index is 1310. The number of methoxy groups -OCH3 is 1. The summed E-state index contributed by atoms with van der Waals surface area (Å²) in [6.45, 7) is 0.102. The van der Waals surface area contributed by atoms with E-state index in [0.29, 0.717) is 0 Å². The van der Waals surface area contributed by atoms with E-state index < -0.39 is 97.9 Å². The fourth-order valence-corrected chi connectivity index (χ4v) is 5.94. The number of hydrogen-bond donors (Lipinski definition) is 9. The van der Waals surface area contributed by atoms with Gasteiger partial charge >= 0.3 is 0 Å². The third-order valence-electron chi connectivity index (χ3n) is 8.34. The Hall–Kier alpha value is -2.58. The van der Waals surface area contributed by atoms with Gasteiger partial charge in [0.1, 0.15) is 60.3 Å². The van der Waals surface area contributed by atoms with E-state index in [4.69, 9.17) is 23.7 Å². The van der Waals surface area contributed by atoms with Crippen LogP contribution in [0.25, 0.3) is 0 Å². The molecule has 1 aromatic carbocycles. The van der Waals surface area contributed by atoms with Crippen LogP contribution in [0.4, 0.5) is 0 Å². The number of carbonyl (C=O) groups excluding carboxylic acids is 2. The van der Waals surface area contributed by atoms with Gasteiger partial charge in [-0.05, 0) is 13.0 Å². The summed E-state index contributed by atoms with van der Waals surface area (Å²) in [6, 6.07) is 2.52. The van der Waals surface area contributed by atoms with E-state index in [-0.39, 0.29) is 46.6 Å². The highest BCUT2D eigenvalue weighted by molar-refractivity contribution is 6.28. The first-order valence-corrected chi connectivity index (χ1v) is 13.9. The zero-order chi connectivity index (χ0) is 32.2. The lowest BCUT2D eigenvalue weighted by Gasteiger charge is -2.42. The highest BCUT2D eigenvalue weighted by Gasteiger charge is 2.49. The number of carbonyl (C=O) groups is 2. The van der Waals surface area contributed by atoms with E-state index in [0.717, 1.165) is 0 Å². The van der Waals surface area contributed by atoms with Crippen molar-refractivity contribution in [2.45, 2.75) is 92.9 Å². The number of ether oxygens (including phenoxy) is 5. The Labute approximate surface area is 250 Å². The van der Waals surface area contributed by atoms with Crippen LogP contribution in [0.5, 0.6) is 11.5 Å². The van der Waals surface area contributed by atoms with E-state index in [1.165, 1.54) is 26.2 Å². The average Bonchev–Trinajstić information content (AvgIpc) is 2.97. The van der Waals surface area contributed by atoms with E-state index >= 15 is 0 Å². The van der Waals surface area contributed by atoms with Gasteiger partial charge in [-0.1, -0.05) is 0 Å². The molecule has 44 heavy (non-hydrogen) atoms. The first-order valence-electron chi connectivity index (χ1n) is 13.9. The summed E-state index contributed by atoms with van der Waals surface area (Å²) < 4.78 is 27.4. The molecule has 0 aromatic heterocycles. The molecule has 244 valence electrons. The largest absolute Gasteiger partial charge is 0.497 e. The maximum Gasteiger partial charge on any atom is 0.229 e. The Morgan fingerprint density at radius 1 is 0.864 bits per heavy atom. The smallest absolute Gasteiger partial charge is 0.229 e. The van der Waals surface area contributed by atoms with Gasteiger partial charge in [-0.25, -0.2) is 0 Å². The van der Waals surface area contributed by atoms with Crippen molar-refractivity contribution < 1.29 is 79.2 Å². The highest BCUT2D eigenvalue weighted by atomic mass is 16.7. The molecule has 0 saturated carbocycles. The maximum atomic E-state index is 13.7. The topological polar surface area (TPSA) is 262 Å². The fourth-order valence-electron chi connectivity index (χ4n) is 5.94. The number of benzene rings is 1. The van der Waals surface area contributed by atoms with Gasteiger partial charge in [0.05, 0.1) is 37.6 Å². The lowest BCUT2D eigenvalue weighted by Crippen LogP contribution is -2.62. The van der Waals surface area contributed by atoms with Gasteiger partial charge in [0.15, 0.2) is 17.9 Å². The molecule has 0 radical (unpaired) electrons. The summed E-state index contributed by atoms with van der Waals surface area (Å²) in [5.41, 5.74) is -2.12. The standard InChI is InChI=1S/C28H36O16/c1-28(39)5-11-16(12(30)6-28)21(34)17-10(18(11)31)3-9(40-2)4-13(17)42-27-25(38)23(36)20(33)15(44-27)8-41-26-24(37)22(35)19(32)14(7-29)43-26/h3-4,12,14-15,19-20,22-27,29-30,32-33,35-39H,5-8H2,1-2H3/t12-,14+,15+,19+,20+,22-,23-,24+,25+,26+,27+,28-/m0/s1. The molecule has 0 bridgehead atoms.